The van der Waals surface area contributed by atoms with Gasteiger partial charge in [-0.1, -0.05) is 0 Å². The molecule has 2 rings (SSSR count). The van der Waals surface area contributed by atoms with Crippen LogP contribution in [-0.4, -0.2) is 41.7 Å². The van der Waals surface area contributed by atoms with Crippen molar-refractivity contribution in [3.05, 3.63) is 18.0 Å². The number of amides is 1. The smallest absolute Gasteiger partial charge is 0.254 e. The van der Waals surface area contributed by atoms with Crippen molar-refractivity contribution in [2.75, 3.05) is 11.5 Å². The van der Waals surface area contributed by atoms with Crippen LogP contribution < -0.4 is 5.32 Å². The van der Waals surface area contributed by atoms with Gasteiger partial charge in [-0.15, -0.1) is 0 Å². The molecule has 1 fully saturated rings. The van der Waals surface area contributed by atoms with E-state index in [0.29, 0.717) is 18.5 Å². The van der Waals surface area contributed by atoms with Crippen molar-refractivity contribution in [3.8, 4) is 0 Å². The van der Waals surface area contributed by atoms with E-state index in [1.165, 1.54) is 6.20 Å². The summed E-state index contributed by atoms with van der Waals surface area (Å²) >= 11 is 0. The van der Waals surface area contributed by atoms with Crippen LogP contribution in [0.1, 0.15) is 23.7 Å². The van der Waals surface area contributed by atoms with E-state index in [2.05, 4.69) is 10.4 Å². The number of hydrogen-bond donors (Lipinski definition) is 1. The minimum Gasteiger partial charge on any atom is -0.348 e. The molecule has 17 heavy (non-hydrogen) atoms. The number of aryl methyl sites for hydroxylation is 1. The molecule has 0 spiro atoms. The number of carbonyl (C=O) groups is 1. The Kier molecular flexibility index (Phi) is 3.19. The third-order valence-corrected chi connectivity index (χ3v) is 4.56. The van der Waals surface area contributed by atoms with Crippen molar-refractivity contribution >= 4 is 15.7 Å². The second kappa shape index (κ2) is 4.48. The summed E-state index contributed by atoms with van der Waals surface area (Å²) < 4.78 is 24.1. The molecule has 1 atom stereocenters. The molecule has 1 aromatic rings. The lowest BCUT2D eigenvalue weighted by Crippen LogP contribution is -2.35. The number of sulfone groups is 1. The van der Waals surface area contributed by atoms with E-state index in [1.54, 1.807) is 10.9 Å². The first kappa shape index (κ1) is 12.1. The van der Waals surface area contributed by atoms with Crippen molar-refractivity contribution in [2.45, 2.75) is 25.9 Å². The van der Waals surface area contributed by atoms with Gasteiger partial charge in [0.05, 0.1) is 23.3 Å². The van der Waals surface area contributed by atoms with E-state index in [-0.39, 0.29) is 23.5 Å². The Bertz CT molecular complexity index is 521. The Morgan fingerprint density at radius 3 is 2.94 bits per heavy atom. The predicted molar refractivity (Wildman–Crippen MR) is 62.4 cm³/mol. The highest BCUT2D eigenvalue weighted by Gasteiger charge is 2.29. The maximum atomic E-state index is 11.8. The van der Waals surface area contributed by atoms with Crippen LogP contribution >= 0.6 is 0 Å². The topological polar surface area (TPSA) is 81.1 Å². The molecule has 0 aliphatic carbocycles. The Morgan fingerprint density at radius 1 is 1.65 bits per heavy atom. The maximum absolute atomic E-state index is 11.8. The van der Waals surface area contributed by atoms with E-state index in [9.17, 15) is 13.2 Å². The molecular weight excluding hydrogens is 242 g/mol. The van der Waals surface area contributed by atoms with E-state index in [4.69, 9.17) is 0 Å². The van der Waals surface area contributed by atoms with Crippen LogP contribution in [0.4, 0.5) is 0 Å². The van der Waals surface area contributed by atoms with E-state index in [0.717, 1.165) is 0 Å². The molecule has 7 heteroatoms. The number of nitrogens with zero attached hydrogens (tertiary/aromatic N) is 2. The molecule has 0 saturated carbocycles. The standard InChI is InChI=1S/C10H15N3O3S/c1-2-13-6-8(5-11-13)10(14)12-9-3-4-17(15,16)7-9/h5-6,9H,2-4,7H2,1H3,(H,12,14)/t9-/m0/s1. The lowest BCUT2D eigenvalue weighted by Gasteiger charge is -2.08. The van der Waals surface area contributed by atoms with Crippen LogP contribution in [-0.2, 0) is 16.4 Å². The maximum Gasteiger partial charge on any atom is 0.254 e. The van der Waals surface area contributed by atoms with Gasteiger partial charge in [0.2, 0.25) is 0 Å². The van der Waals surface area contributed by atoms with Crippen LogP contribution in [0.2, 0.25) is 0 Å². The molecule has 1 aliphatic heterocycles. The molecule has 2 heterocycles. The fourth-order valence-electron chi connectivity index (χ4n) is 1.83. The first-order valence-corrected chi connectivity index (χ1v) is 7.36. The van der Waals surface area contributed by atoms with Gasteiger partial charge in [0.25, 0.3) is 5.91 Å². The molecule has 1 aromatic heterocycles. The average molecular weight is 257 g/mol. The normalized spacial score (nSPS) is 22.5. The Morgan fingerprint density at radius 2 is 2.41 bits per heavy atom. The SMILES string of the molecule is CCn1cc(C(=O)N[C@H]2CCS(=O)(=O)C2)cn1. The lowest BCUT2D eigenvalue weighted by molar-refractivity contribution is 0.0941. The quantitative estimate of drug-likeness (QED) is 0.814. The second-order valence-corrected chi connectivity index (χ2v) is 6.39. The highest BCUT2D eigenvalue weighted by atomic mass is 32.2. The molecule has 0 bridgehead atoms. The van der Waals surface area contributed by atoms with E-state index < -0.39 is 9.84 Å². The van der Waals surface area contributed by atoms with Crippen molar-refractivity contribution in [1.82, 2.24) is 15.1 Å². The molecular formula is C10H15N3O3S. The first-order chi connectivity index (χ1) is 8.00. The summed E-state index contributed by atoms with van der Waals surface area (Å²) in [6, 6.07) is -0.266. The minimum atomic E-state index is -2.96. The zero-order chi connectivity index (χ0) is 12.5. The number of hydrogen-bond acceptors (Lipinski definition) is 4. The fraction of sp³-hybridized carbons (Fsp3) is 0.600. The lowest BCUT2D eigenvalue weighted by atomic mass is 10.2. The zero-order valence-electron chi connectivity index (χ0n) is 9.59. The summed E-state index contributed by atoms with van der Waals surface area (Å²) in [6.45, 7) is 2.63. The second-order valence-electron chi connectivity index (χ2n) is 4.16. The van der Waals surface area contributed by atoms with Crippen molar-refractivity contribution in [2.24, 2.45) is 0 Å². The van der Waals surface area contributed by atoms with Crippen molar-refractivity contribution in [1.29, 1.82) is 0 Å². The molecule has 94 valence electrons. The van der Waals surface area contributed by atoms with Gasteiger partial charge in [-0.25, -0.2) is 8.42 Å². The number of carbonyl (C=O) groups excluding carboxylic acids is 1. The molecule has 0 aromatic carbocycles. The van der Waals surface area contributed by atoms with Crippen LogP contribution in [0.25, 0.3) is 0 Å². The summed E-state index contributed by atoms with van der Waals surface area (Å²) in [7, 11) is -2.96. The van der Waals surface area contributed by atoms with Gasteiger partial charge in [-0.2, -0.15) is 5.10 Å². The van der Waals surface area contributed by atoms with Crippen LogP contribution in [0.5, 0.6) is 0 Å². The molecule has 1 amide bonds. The molecule has 1 aliphatic rings. The molecule has 6 nitrogen and oxygen atoms in total. The molecule has 1 N–H and O–H groups in total. The van der Waals surface area contributed by atoms with Gasteiger partial charge < -0.3 is 5.32 Å². The summed E-state index contributed by atoms with van der Waals surface area (Å²) in [5.41, 5.74) is 0.469. The predicted octanol–water partition coefficient (Wildman–Crippen LogP) is -0.180. The summed E-state index contributed by atoms with van der Waals surface area (Å²) in [5, 5.41) is 6.71. The Labute approximate surface area is 99.9 Å². The third kappa shape index (κ3) is 2.85. The number of aromatic nitrogens is 2. The largest absolute Gasteiger partial charge is 0.348 e. The summed E-state index contributed by atoms with van der Waals surface area (Å²) in [6.07, 6.45) is 3.64. The Hall–Kier alpha value is -1.37. The fourth-order valence-corrected chi connectivity index (χ4v) is 3.50. The van der Waals surface area contributed by atoms with Crippen LogP contribution in [0.15, 0.2) is 12.4 Å². The van der Waals surface area contributed by atoms with E-state index >= 15 is 0 Å². The zero-order valence-corrected chi connectivity index (χ0v) is 10.4. The third-order valence-electron chi connectivity index (χ3n) is 2.79. The van der Waals surface area contributed by atoms with Gasteiger partial charge in [0, 0.05) is 18.8 Å². The van der Waals surface area contributed by atoms with Gasteiger partial charge in [0.15, 0.2) is 9.84 Å². The molecule has 0 radical (unpaired) electrons. The highest BCUT2D eigenvalue weighted by Crippen LogP contribution is 2.12. The van der Waals surface area contributed by atoms with Gasteiger partial charge in [-0.3, -0.25) is 9.48 Å². The van der Waals surface area contributed by atoms with Gasteiger partial charge in [0.1, 0.15) is 0 Å². The monoisotopic (exact) mass is 257 g/mol. The highest BCUT2D eigenvalue weighted by molar-refractivity contribution is 7.91. The van der Waals surface area contributed by atoms with Crippen LogP contribution in [0.3, 0.4) is 0 Å². The average Bonchev–Trinajstić information content (AvgIpc) is 2.85. The van der Waals surface area contributed by atoms with Crippen molar-refractivity contribution in [3.63, 3.8) is 0 Å². The van der Waals surface area contributed by atoms with Gasteiger partial charge in [-0.05, 0) is 13.3 Å². The number of rotatable bonds is 3. The first-order valence-electron chi connectivity index (χ1n) is 5.54. The Balaban J connectivity index is 1.98. The molecule has 1 saturated heterocycles. The van der Waals surface area contributed by atoms with E-state index in [1.807, 2.05) is 6.92 Å². The van der Waals surface area contributed by atoms with Gasteiger partial charge >= 0.3 is 0 Å². The van der Waals surface area contributed by atoms with Crippen molar-refractivity contribution < 1.29 is 13.2 Å². The summed E-state index contributed by atoms with van der Waals surface area (Å²) in [5.74, 6) is -0.0564. The van der Waals surface area contributed by atoms with Crippen LogP contribution in [0, 0.1) is 0 Å². The molecule has 0 unspecified atom stereocenters. The minimum absolute atomic E-state index is 0.0423. The number of nitrogens with one attached hydrogen (secondary N) is 1. The summed E-state index contributed by atoms with van der Waals surface area (Å²) in [4.78, 5) is 11.8.